The van der Waals surface area contributed by atoms with Crippen LogP contribution in [0.3, 0.4) is 0 Å². The Morgan fingerprint density at radius 3 is 2.49 bits per heavy atom. The number of fused-ring (bicyclic) bond motifs is 1. The summed E-state index contributed by atoms with van der Waals surface area (Å²) in [6.45, 7) is 2.49. The molecule has 0 unspecified atom stereocenters. The molecule has 0 aliphatic carbocycles. The van der Waals surface area contributed by atoms with Gasteiger partial charge < -0.3 is 29.8 Å². The Morgan fingerprint density at radius 2 is 1.83 bits per heavy atom. The minimum Gasteiger partial charge on any atom is -0.497 e. The molecule has 41 heavy (non-hydrogen) atoms. The number of rotatable bonds is 9. The molecule has 11 heteroatoms. The SMILES string of the molecule is CCNC(=O)c1ccc(Nc2cc(-c3c(F)cccc3F)nc3cn(Cc4ccc(OC)cc4OC)c(O)c23)nc1. The molecule has 0 saturated carbocycles. The van der Waals surface area contributed by atoms with Gasteiger partial charge in [0.1, 0.15) is 29.0 Å². The van der Waals surface area contributed by atoms with E-state index in [1.807, 2.05) is 13.0 Å². The summed E-state index contributed by atoms with van der Waals surface area (Å²) >= 11 is 0. The van der Waals surface area contributed by atoms with Crippen molar-refractivity contribution in [3.63, 3.8) is 0 Å². The van der Waals surface area contributed by atoms with Gasteiger partial charge in [-0.05, 0) is 49.4 Å². The number of pyridine rings is 2. The van der Waals surface area contributed by atoms with Crippen molar-refractivity contribution in [1.29, 1.82) is 0 Å². The normalized spacial score (nSPS) is 11.0. The number of carbonyl (C=O) groups is 1. The van der Waals surface area contributed by atoms with Gasteiger partial charge in [-0.25, -0.2) is 18.7 Å². The van der Waals surface area contributed by atoms with Gasteiger partial charge in [-0.2, -0.15) is 0 Å². The molecule has 0 atom stereocenters. The number of anilines is 2. The molecule has 0 fully saturated rings. The van der Waals surface area contributed by atoms with Gasteiger partial charge in [-0.15, -0.1) is 0 Å². The Kier molecular flexibility index (Phi) is 7.68. The maximum Gasteiger partial charge on any atom is 0.252 e. The quantitative estimate of drug-likeness (QED) is 0.214. The van der Waals surface area contributed by atoms with Gasteiger partial charge in [0.2, 0.25) is 5.88 Å². The number of aromatic nitrogens is 3. The maximum atomic E-state index is 14.8. The lowest BCUT2D eigenvalue weighted by molar-refractivity contribution is 0.0955. The van der Waals surface area contributed by atoms with Crippen molar-refractivity contribution in [2.45, 2.75) is 13.5 Å². The maximum absolute atomic E-state index is 14.8. The summed E-state index contributed by atoms with van der Waals surface area (Å²) < 4.78 is 41.9. The van der Waals surface area contributed by atoms with Crippen LogP contribution >= 0.6 is 0 Å². The lowest BCUT2D eigenvalue weighted by Gasteiger charge is -2.12. The smallest absolute Gasteiger partial charge is 0.252 e. The van der Waals surface area contributed by atoms with Gasteiger partial charge in [0, 0.05) is 30.6 Å². The second-order valence-corrected chi connectivity index (χ2v) is 9.09. The minimum absolute atomic E-state index is 0.0220. The minimum atomic E-state index is -0.779. The van der Waals surface area contributed by atoms with E-state index in [0.29, 0.717) is 40.5 Å². The number of nitrogens with one attached hydrogen (secondary N) is 2. The number of nitrogens with zero attached hydrogens (tertiary/aromatic N) is 3. The third-order valence-electron chi connectivity index (χ3n) is 6.50. The van der Waals surface area contributed by atoms with E-state index in [4.69, 9.17) is 9.47 Å². The Morgan fingerprint density at radius 1 is 1.05 bits per heavy atom. The molecular formula is C30H27F2N5O4. The third kappa shape index (κ3) is 5.46. The van der Waals surface area contributed by atoms with Crippen molar-refractivity contribution in [2.24, 2.45) is 0 Å². The Bertz CT molecular complexity index is 1720. The zero-order chi connectivity index (χ0) is 29.1. The van der Waals surface area contributed by atoms with E-state index in [9.17, 15) is 18.7 Å². The molecule has 0 spiro atoms. The van der Waals surface area contributed by atoms with Crippen molar-refractivity contribution in [3.8, 4) is 28.6 Å². The van der Waals surface area contributed by atoms with Gasteiger partial charge >= 0.3 is 0 Å². The first-order valence-corrected chi connectivity index (χ1v) is 12.7. The second-order valence-electron chi connectivity index (χ2n) is 9.09. The van der Waals surface area contributed by atoms with Crippen LogP contribution in [0, 0.1) is 11.6 Å². The van der Waals surface area contributed by atoms with E-state index in [1.165, 1.54) is 25.4 Å². The molecule has 3 N–H and O–H groups in total. The van der Waals surface area contributed by atoms with Gasteiger partial charge in [0.05, 0.1) is 54.2 Å². The summed E-state index contributed by atoms with van der Waals surface area (Å²) in [5, 5.41) is 17.4. The molecule has 3 aromatic heterocycles. The average Bonchev–Trinajstić information content (AvgIpc) is 3.28. The Balaban J connectivity index is 1.61. The van der Waals surface area contributed by atoms with E-state index in [-0.39, 0.29) is 35.1 Å². The summed E-state index contributed by atoms with van der Waals surface area (Å²) in [5.41, 5.74) is 1.44. The number of amides is 1. The highest BCUT2D eigenvalue weighted by molar-refractivity contribution is 5.99. The van der Waals surface area contributed by atoms with Crippen LogP contribution in [0.2, 0.25) is 0 Å². The number of halogens is 2. The molecule has 0 radical (unpaired) electrons. The number of carbonyl (C=O) groups excluding carboxylic acids is 1. The van der Waals surface area contributed by atoms with Crippen LogP contribution in [-0.4, -0.2) is 46.3 Å². The third-order valence-corrected chi connectivity index (χ3v) is 6.50. The molecule has 9 nitrogen and oxygen atoms in total. The fraction of sp³-hybridized carbons (Fsp3) is 0.167. The summed E-state index contributed by atoms with van der Waals surface area (Å²) in [7, 11) is 3.09. The fourth-order valence-corrected chi connectivity index (χ4v) is 4.50. The van der Waals surface area contributed by atoms with Gasteiger partial charge in [-0.3, -0.25) is 4.79 Å². The van der Waals surface area contributed by atoms with Crippen LogP contribution in [0.5, 0.6) is 17.4 Å². The molecular weight excluding hydrogens is 532 g/mol. The number of methoxy groups -OCH3 is 2. The molecule has 1 amide bonds. The Labute approximate surface area is 234 Å². The van der Waals surface area contributed by atoms with Crippen molar-refractivity contribution in [2.75, 3.05) is 26.1 Å². The number of aromatic hydroxyl groups is 1. The molecule has 5 aromatic rings. The molecule has 0 aliphatic heterocycles. The van der Waals surface area contributed by atoms with Crippen LogP contribution in [0.4, 0.5) is 20.3 Å². The van der Waals surface area contributed by atoms with E-state index >= 15 is 0 Å². The molecule has 3 heterocycles. The predicted molar refractivity (Wildman–Crippen MR) is 151 cm³/mol. The number of benzene rings is 2. The highest BCUT2D eigenvalue weighted by Gasteiger charge is 2.21. The predicted octanol–water partition coefficient (Wildman–Crippen LogP) is 5.64. The van der Waals surface area contributed by atoms with Gasteiger partial charge in [-0.1, -0.05) is 6.07 Å². The number of hydrogen-bond donors (Lipinski definition) is 3. The highest BCUT2D eigenvalue weighted by atomic mass is 19.1. The van der Waals surface area contributed by atoms with Gasteiger partial charge in [0.25, 0.3) is 5.91 Å². The van der Waals surface area contributed by atoms with E-state index in [2.05, 4.69) is 20.6 Å². The zero-order valence-electron chi connectivity index (χ0n) is 22.5. The summed E-state index contributed by atoms with van der Waals surface area (Å²) in [5.74, 6) is -0.445. The van der Waals surface area contributed by atoms with Gasteiger partial charge in [0.15, 0.2) is 0 Å². The van der Waals surface area contributed by atoms with Crippen molar-refractivity contribution < 1.29 is 28.2 Å². The van der Waals surface area contributed by atoms with Crippen LogP contribution in [0.1, 0.15) is 22.8 Å². The van der Waals surface area contributed by atoms with Crippen molar-refractivity contribution in [1.82, 2.24) is 19.9 Å². The first kappa shape index (κ1) is 27.4. The molecule has 0 bridgehead atoms. The van der Waals surface area contributed by atoms with E-state index in [0.717, 1.165) is 17.7 Å². The molecule has 210 valence electrons. The standard InChI is InChI=1S/C30H27F2N5O4/c1-4-33-29(38)17-9-11-26(34-14-17)36-23-13-22(27-20(31)6-5-7-21(27)32)35-24-16-37(30(39)28(23)24)15-18-8-10-19(40-2)12-25(18)41-3/h5-14,16,39H,4,15H2,1-3H3,(H,33,38)(H,34,36). The first-order chi connectivity index (χ1) is 19.8. The van der Waals surface area contributed by atoms with E-state index in [1.54, 1.807) is 42.1 Å². The Hall–Kier alpha value is -5.19. The number of hydrogen-bond acceptors (Lipinski definition) is 7. The first-order valence-electron chi connectivity index (χ1n) is 12.7. The molecule has 2 aromatic carbocycles. The van der Waals surface area contributed by atoms with Crippen LogP contribution in [-0.2, 0) is 6.54 Å². The summed E-state index contributed by atoms with van der Waals surface area (Å²) in [6, 6.07) is 13.5. The van der Waals surface area contributed by atoms with Crippen molar-refractivity contribution in [3.05, 3.63) is 89.8 Å². The number of ether oxygens (including phenoxy) is 2. The molecule has 0 aliphatic rings. The zero-order valence-corrected chi connectivity index (χ0v) is 22.5. The monoisotopic (exact) mass is 559 g/mol. The lowest BCUT2D eigenvalue weighted by atomic mass is 10.1. The van der Waals surface area contributed by atoms with Crippen LogP contribution in [0.25, 0.3) is 22.2 Å². The van der Waals surface area contributed by atoms with Crippen LogP contribution < -0.4 is 20.1 Å². The topological polar surface area (TPSA) is 111 Å². The highest BCUT2D eigenvalue weighted by Crippen LogP contribution is 2.39. The average molecular weight is 560 g/mol. The lowest BCUT2D eigenvalue weighted by Crippen LogP contribution is -2.22. The van der Waals surface area contributed by atoms with E-state index < -0.39 is 11.6 Å². The van der Waals surface area contributed by atoms with Crippen molar-refractivity contribution >= 4 is 28.3 Å². The summed E-state index contributed by atoms with van der Waals surface area (Å²) in [6.07, 6.45) is 3.00. The fourth-order valence-electron chi connectivity index (χ4n) is 4.50. The summed E-state index contributed by atoms with van der Waals surface area (Å²) in [4.78, 5) is 20.9. The molecule has 0 saturated heterocycles. The molecule has 5 rings (SSSR count). The largest absolute Gasteiger partial charge is 0.497 e. The van der Waals surface area contributed by atoms with Crippen LogP contribution in [0.15, 0.2) is 67.0 Å². The second kappa shape index (κ2) is 11.5.